The number of nitrogen functional groups attached to an aromatic ring is 2. The van der Waals surface area contributed by atoms with E-state index in [4.69, 9.17) is 11.5 Å². The molecule has 0 heterocycles. The maximum atomic E-state index is 6.21. The third-order valence-electron chi connectivity index (χ3n) is 4.12. The van der Waals surface area contributed by atoms with Crippen LogP contribution in [0.3, 0.4) is 0 Å². The summed E-state index contributed by atoms with van der Waals surface area (Å²) >= 11 is 0. The first-order chi connectivity index (χ1) is 10.7. The fourth-order valence-electron chi connectivity index (χ4n) is 3.01. The Balaban J connectivity index is 1.99. The number of anilines is 2. The smallest absolute Gasteiger partial charge is 0.0399 e. The first-order valence-electron chi connectivity index (χ1n) is 7.29. The molecule has 0 unspecified atom stereocenters. The molecule has 106 valence electrons. The number of nitrogens with two attached hydrogens (primary N) is 2. The van der Waals surface area contributed by atoms with Gasteiger partial charge in [0.05, 0.1) is 0 Å². The molecule has 0 aromatic heterocycles. The molecule has 0 aliphatic heterocycles. The van der Waals surface area contributed by atoms with Gasteiger partial charge in [0.25, 0.3) is 0 Å². The summed E-state index contributed by atoms with van der Waals surface area (Å²) < 4.78 is 0. The minimum absolute atomic E-state index is 0.792. The summed E-state index contributed by atoms with van der Waals surface area (Å²) in [5.74, 6) is 0. The Labute approximate surface area is 129 Å². The Morgan fingerprint density at radius 3 is 1.36 bits per heavy atom. The van der Waals surface area contributed by atoms with E-state index in [2.05, 4.69) is 24.3 Å². The standard InChI is InChI=1S/C20H16N2/c21-19-11-15(9-13-5-1-3-7-17(13)19)16-10-14-6-2-4-8-18(14)20(22)12-16/h1-12H,21-22H2. The lowest BCUT2D eigenvalue weighted by Gasteiger charge is -2.10. The minimum atomic E-state index is 0.792. The second kappa shape index (κ2) is 4.78. The molecule has 4 aromatic rings. The maximum absolute atomic E-state index is 6.21. The molecule has 0 radical (unpaired) electrons. The van der Waals surface area contributed by atoms with Gasteiger partial charge in [0, 0.05) is 22.1 Å². The van der Waals surface area contributed by atoms with Crippen molar-refractivity contribution < 1.29 is 0 Å². The van der Waals surface area contributed by atoms with Crippen LogP contribution in [-0.4, -0.2) is 0 Å². The summed E-state index contributed by atoms with van der Waals surface area (Å²) in [4.78, 5) is 0. The summed E-state index contributed by atoms with van der Waals surface area (Å²) in [6, 6.07) is 24.7. The Morgan fingerprint density at radius 1 is 0.500 bits per heavy atom. The van der Waals surface area contributed by atoms with Crippen LogP contribution in [-0.2, 0) is 0 Å². The second-order valence-electron chi connectivity index (χ2n) is 5.57. The number of benzene rings is 4. The number of fused-ring (bicyclic) bond motifs is 2. The van der Waals surface area contributed by atoms with Gasteiger partial charge in [0.1, 0.15) is 0 Å². The van der Waals surface area contributed by atoms with Crippen LogP contribution in [0.5, 0.6) is 0 Å². The Morgan fingerprint density at radius 2 is 0.909 bits per heavy atom. The fourth-order valence-corrected chi connectivity index (χ4v) is 3.01. The lowest BCUT2D eigenvalue weighted by Crippen LogP contribution is -1.91. The van der Waals surface area contributed by atoms with E-state index in [-0.39, 0.29) is 0 Å². The molecule has 0 spiro atoms. The largest absolute Gasteiger partial charge is 0.398 e. The summed E-state index contributed by atoms with van der Waals surface area (Å²) in [6.07, 6.45) is 0. The van der Waals surface area contributed by atoms with Gasteiger partial charge in [-0.05, 0) is 46.2 Å². The molecule has 0 atom stereocenters. The van der Waals surface area contributed by atoms with Gasteiger partial charge in [-0.1, -0.05) is 48.5 Å². The molecule has 2 nitrogen and oxygen atoms in total. The number of hydrogen-bond donors (Lipinski definition) is 2. The summed E-state index contributed by atoms with van der Waals surface area (Å²) in [7, 11) is 0. The van der Waals surface area contributed by atoms with E-state index in [0.717, 1.165) is 44.0 Å². The van der Waals surface area contributed by atoms with E-state index in [9.17, 15) is 0 Å². The van der Waals surface area contributed by atoms with Crippen LogP contribution in [0.4, 0.5) is 11.4 Å². The van der Waals surface area contributed by atoms with E-state index in [1.54, 1.807) is 0 Å². The van der Waals surface area contributed by atoms with Crippen LogP contribution in [0.15, 0.2) is 72.8 Å². The van der Waals surface area contributed by atoms with Crippen LogP contribution in [0.1, 0.15) is 0 Å². The molecule has 4 rings (SSSR count). The summed E-state index contributed by atoms with van der Waals surface area (Å²) in [5, 5.41) is 4.45. The van der Waals surface area contributed by atoms with Crippen molar-refractivity contribution in [3.05, 3.63) is 72.8 Å². The van der Waals surface area contributed by atoms with Crippen molar-refractivity contribution in [3.8, 4) is 11.1 Å². The maximum Gasteiger partial charge on any atom is 0.0399 e. The molecule has 0 fully saturated rings. The fraction of sp³-hybridized carbons (Fsp3) is 0. The highest BCUT2D eigenvalue weighted by Crippen LogP contribution is 2.33. The molecular formula is C20H16N2. The topological polar surface area (TPSA) is 52.0 Å². The molecule has 0 saturated carbocycles. The van der Waals surface area contributed by atoms with E-state index >= 15 is 0 Å². The molecule has 4 N–H and O–H groups in total. The van der Waals surface area contributed by atoms with Crippen molar-refractivity contribution in [3.63, 3.8) is 0 Å². The van der Waals surface area contributed by atoms with Gasteiger partial charge < -0.3 is 11.5 Å². The quantitative estimate of drug-likeness (QED) is 0.492. The van der Waals surface area contributed by atoms with Gasteiger partial charge in [0.15, 0.2) is 0 Å². The highest BCUT2D eigenvalue weighted by molar-refractivity contribution is 6.00. The van der Waals surface area contributed by atoms with Crippen molar-refractivity contribution in [2.75, 3.05) is 11.5 Å². The summed E-state index contributed by atoms with van der Waals surface area (Å²) in [5.41, 5.74) is 16.2. The normalized spacial score (nSPS) is 11.1. The van der Waals surface area contributed by atoms with Gasteiger partial charge in [-0.15, -0.1) is 0 Å². The average molecular weight is 284 g/mol. The molecule has 2 heteroatoms. The zero-order valence-electron chi connectivity index (χ0n) is 12.1. The van der Waals surface area contributed by atoms with Crippen LogP contribution >= 0.6 is 0 Å². The third-order valence-corrected chi connectivity index (χ3v) is 4.12. The minimum Gasteiger partial charge on any atom is -0.398 e. The Kier molecular flexibility index (Phi) is 2.76. The third kappa shape index (κ3) is 1.97. The summed E-state index contributed by atoms with van der Waals surface area (Å²) in [6.45, 7) is 0. The molecule has 22 heavy (non-hydrogen) atoms. The van der Waals surface area contributed by atoms with Crippen molar-refractivity contribution in [1.29, 1.82) is 0 Å². The zero-order chi connectivity index (χ0) is 15.1. The van der Waals surface area contributed by atoms with Crippen molar-refractivity contribution >= 4 is 32.9 Å². The predicted molar refractivity (Wildman–Crippen MR) is 95.7 cm³/mol. The lowest BCUT2D eigenvalue weighted by atomic mass is 9.97. The SMILES string of the molecule is Nc1cc(-c2cc(N)c3ccccc3c2)cc2ccccc12. The molecular weight excluding hydrogens is 268 g/mol. The molecule has 4 aromatic carbocycles. The highest BCUT2D eigenvalue weighted by atomic mass is 14.6. The number of rotatable bonds is 1. The molecule has 0 aliphatic carbocycles. The zero-order valence-corrected chi connectivity index (χ0v) is 12.1. The molecule has 0 amide bonds. The average Bonchev–Trinajstić information content (AvgIpc) is 2.55. The van der Waals surface area contributed by atoms with Crippen LogP contribution in [0.2, 0.25) is 0 Å². The monoisotopic (exact) mass is 284 g/mol. The van der Waals surface area contributed by atoms with E-state index in [1.165, 1.54) is 0 Å². The van der Waals surface area contributed by atoms with Crippen LogP contribution in [0.25, 0.3) is 32.7 Å². The molecule has 0 saturated heterocycles. The Hall–Kier alpha value is -3.00. The predicted octanol–water partition coefficient (Wildman–Crippen LogP) is 4.82. The van der Waals surface area contributed by atoms with Crippen molar-refractivity contribution in [1.82, 2.24) is 0 Å². The lowest BCUT2D eigenvalue weighted by molar-refractivity contribution is 1.66. The van der Waals surface area contributed by atoms with Crippen molar-refractivity contribution in [2.45, 2.75) is 0 Å². The first-order valence-corrected chi connectivity index (χ1v) is 7.29. The van der Waals surface area contributed by atoms with Gasteiger partial charge in [-0.25, -0.2) is 0 Å². The highest BCUT2D eigenvalue weighted by Gasteiger charge is 2.06. The second-order valence-corrected chi connectivity index (χ2v) is 5.57. The Bertz CT molecular complexity index is 920. The van der Waals surface area contributed by atoms with E-state index < -0.39 is 0 Å². The van der Waals surface area contributed by atoms with Gasteiger partial charge in [-0.3, -0.25) is 0 Å². The first kappa shape index (κ1) is 12.7. The van der Waals surface area contributed by atoms with E-state index in [0.29, 0.717) is 0 Å². The van der Waals surface area contributed by atoms with Crippen LogP contribution in [0, 0.1) is 0 Å². The van der Waals surface area contributed by atoms with Gasteiger partial charge in [0.2, 0.25) is 0 Å². The number of hydrogen-bond acceptors (Lipinski definition) is 2. The molecule has 0 bridgehead atoms. The van der Waals surface area contributed by atoms with Gasteiger partial charge in [-0.2, -0.15) is 0 Å². The van der Waals surface area contributed by atoms with Crippen LogP contribution < -0.4 is 11.5 Å². The van der Waals surface area contributed by atoms with Gasteiger partial charge >= 0.3 is 0 Å². The van der Waals surface area contributed by atoms with E-state index in [1.807, 2.05) is 48.5 Å². The molecule has 0 aliphatic rings. The van der Waals surface area contributed by atoms with Crippen molar-refractivity contribution in [2.24, 2.45) is 0 Å².